The van der Waals surface area contributed by atoms with Crippen LogP contribution in [0.5, 0.6) is 0 Å². The second-order valence-corrected chi connectivity index (χ2v) is 4.89. The molecule has 0 amide bonds. The largest absolute Gasteiger partial charge is 0.381 e. The molecule has 0 radical (unpaired) electrons. The highest BCUT2D eigenvalue weighted by Crippen LogP contribution is 2.43. The number of fused-ring (bicyclic) bond motifs is 2. The fourth-order valence-electron chi connectivity index (χ4n) is 3.19. The summed E-state index contributed by atoms with van der Waals surface area (Å²) in [5, 5.41) is 0. The summed E-state index contributed by atoms with van der Waals surface area (Å²) in [5.74, 6) is -0.0316. The van der Waals surface area contributed by atoms with Crippen molar-refractivity contribution in [2.45, 2.75) is 31.1 Å². The Morgan fingerprint density at radius 2 is 1.94 bits per heavy atom. The first kappa shape index (κ1) is 10.9. The van der Waals surface area contributed by atoms with Crippen LogP contribution in [0.1, 0.15) is 30.4 Å². The first-order valence-corrected chi connectivity index (χ1v) is 6.13. The van der Waals surface area contributed by atoms with Gasteiger partial charge in [0.25, 0.3) is 0 Å². The predicted molar refractivity (Wildman–Crippen MR) is 61.5 cm³/mol. The van der Waals surface area contributed by atoms with Gasteiger partial charge in [-0.05, 0) is 30.9 Å². The third kappa shape index (κ3) is 1.53. The van der Waals surface area contributed by atoms with Crippen molar-refractivity contribution in [3.8, 4) is 0 Å². The van der Waals surface area contributed by atoms with Gasteiger partial charge < -0.3 is 4.74 Å². The van der Waals surface area contributed by atoms with E-state index in [1.165, 1.54) is 6.07 Å². The van der Waals surface area contributed by atoms with E-state index in [0.29, 0.717) is 44.5 Å². The summed E-state index contributed by atoms with van der Waals surface area (Å²) in [5.41, 5.74) is 1.06. The summed E-state index contributed by atoms with van der Waals surface area (Å²) in [7, 11) is 0. The van der Waals surface area contributed by atoms with E-state index < -0.39 is 5.41 Å². The monoisotopic (exact) mass is 234 g/mol. The number of carbonyl (C=O) groups excluding carboxylic acids is 1. The van der Waals surface area contributed by atoms with Crippen molar-refractivity contribution in [1.82, 2.24) is 0 Å². The van der Waals surface area contributed by atoms with Crippen molar-refractivity contribution < 1.29 is 13.9 Å². The first-order chi connectivity index (χ1) is 8.24. The van der Waals surface area contributed by atoms with Crippen LogP contribution in [-0.4, -0.2) is 19.0 Å². The van der Waals surface area contributed by atoms with Gasteiger partial charge in [-0.1, -0.05) is 12.1 Å². The lowest BCUT2D eigenvalue weighted by atomic mass is 9.64. The lowest BCUT2D eigenvalue weighted by Gasteiger charge is -2.40. The van der Waals surface area contributed by atoms with Gasteiger partial charge in [0.1, 0.15) is 11.6 Å². The number of rotatable bonds is 0. The normalized spacial score (nSPS) is 22.5. The standard InChI is InChI=1S/C14H15FO2/c15-11-3-1-2-10-4-5-12(16)14(13(10)11)6-8-17-9-7-14/h1-3H,4-9H2. The molecule has 1 aromatic carbocycles. The molecule has 0 saturated carbocycles. The maximum Gasteiger partial charge on any atom is 0.144 e. The molecule has 0 atom stereocenters. The second-order valence-electron chi connectivity index (χ2n) is 4.89. The number of Topliss-reactive ketones (excluding diaryl/α,β-unsaturated/α-hetero) is 1. The van der Waals surface area contributed by atoms with E-state index in [9.17, 15) is 9.18 Å². The fourth-order valence-corrected chi connectivity index (χ4v) is 3.19. The molecule has 3 heteroatoms. The van der Waals surface area contributed by atoms with E-state index in [1.807, 2.05) is 6.07 Å². The lowest BCUT2D eigenvalue weighted by molar-refractivity contribution is -0.129. The van der Waals surface area contributed by atoms with E-state index in [2.05, 4.69) is 0 Å². The fraction of sp³-hybridized carbons (Fsp3) is 0.500. The summed E-state index contributed by atoms with van der Waals surface area (Å²) in [6, 6.07) is 5.15. The molecule has 0 N–H and O–H groups in total. The molecular weight excluding hydrogens is 219 g/mol. The minimum atomic E-state index is -0.600. The Hall–Kier alpha value is -1.22. The van der Waals surface area contributed by atoms with E-state index in [4.69, 9.17) is 4.74 Å². The maximum atomic E-state index is 14.1. The van der Waals surface area contributed by atoms with E-state index >= 15 is 0 Å². The van der Waals surface area contributed by atoms with Crippen LogP contribution in [-0.2, 0) is 21.4 Å². The maximum absolute atomic E-state index is 14.1. The smallest absolute Gasteiger partial charge is 0.144 e. The highest BCUT2D eigenvalue weighted by molar-refractivity contribution is 5.92. The van der Waals surface area contributed by atoms with Gasteiger partial charge in [-0.15, -0.1) is 0 Å². The van der Waals surface area contributed by atoms with Gasteiger partial charge in [0, 0.05) is 25.2 Å². The molecule has 3 rings (SSSR count). The number of ether oxygens (including phenoxy) is 1. The zero-order valence-corrected chi connectivity index (χ0v) is 9.67. The molecule has 1 aliphatic carbocycles. The molecule has 1 spiro atoms. The van der Waals surface area contributed by atoms with Gasteiger partial charge in [-0.2, -0.15) is 0 Å². The van der Waals surface area contributed by atoms with Gasteiger partial charge >= 0.3 is 0 Å². The van der Waals surface area contributed by atoms with E-state index in [0.717, 1.165) is 5.56 Å². The summed E-state index contributed by atoms with van der Waals surface area (Å²) in [6.07, 6.45) is 2.46. The van der Waals surface area contributed by atoms with Crippen LogP contribution < -0.4 is 0 Å². The molecule has 90 valence electrons. The van der Waals surface area contributed by atoms with Gasteiger partial charge in [-0.3, -0.25) is 4.79 Å². The Labute approximate surface area is 99.8 Å². The van der Waals surface area contributed by atoms with Gasteiger partial charge in [0.05, 0.1) is 5.41 Å². The van der Waals surface area contributed by atoms with Gasteiger partial charge in [0.2, 0.25) is 0 Å². The number of halogens is 1. The second kappa shape index (κ2) is 3.91. The van der Waals surface area contributed by atoms with E-state index in [1.54, 1.807) is 6.07 Å². The molecular formula is C14H15FO2. The summed E-state index contributed by atoms with van der Waals surface area (Å²) >= 11 is 0. The number of aryl methyl sites for hydroxylation is 1. The van der Waals surface area contributed by atoms with Crippen LogP contribution in [0.3, 0.4) is 0 Å². The third-order valence-corrected chi connectivity index (χ3v) is 4.08. The molecule has 0 unspecified atom stereocenters. The molecule has 1 fully saturated rings. The predicted octanol–water partition coefficient (Wildman–Crippen LogP) is 2.39. The van der Waals surface area contributed by atoms with Crippen molar-refractivity contribution >= 4 is 5.78 Å². The van der Waals surface area contributed by atoms with Crippen molar-refractivity contribution in [3.63, 3.8) is 0 Å². The topological polar surface area (TPSA) is 26.3 Å². The number of ketones is 1. The third-order valence-electron chi connectivity index (χ3n) is 4.08. The molecule has 17 heavy (non-hydrogen) atoms. The Bertz CT molecular complexity index is 461. The molecule has 1 saturated heterocycles. The molecule has 0 aromatic heterocycles. The van der Waals surface area contributed by atoms with E-state index in [-0.39, 0.29) is 11.6 Å². The zero-order valence-electron chi connectivity index (χ0n) is 9.67. The molecule has 1 aromatic rings. The Morgan fingerprint density at radius 1 is 1.18 bits per heavy atom. The number of hydrogen-bond acceptors (Lipinski definition) is 2. The van der Waals surface area contributed by atoms with Crippen LogP contribution >= 0.6 is 0 Å². The van der Waals surface area contributed by atoms with Crippen molar-refractivity contribution in [1.29, 1.82) is 0 Å². The Morgan fingerprint density at radius 3 is 2.71 bits per heavy atom. The first-order valence-electron chi connectivity index (χ1n) is 6.13. The van der Waals surface area contributed by atoms with Crippen molar-refractivity contribution in [3.05, 3.63) is 35.1 Å². The van der Waals surface area contributed by atoms with Crippen molar-refractivity contribution in [2.24, 2.45) is 0 Å². The lowest BCUT2D eigenvalue weighted by Crippen LogP contribution is -2.45. The quantitative estimate of drug-likeness (QED) is 0.689. The van der Waals surface area contributed by atoms with Gasteiger partial charge in [-0.25, -0.2) is 4.39 Å². The number of benzene rings is 1. The average Bonchev–Trinajstić information content (AvgIpc) is 2.35. The minimum absolute atomic E-state index is 0.193. The summed E-state index contributed by atoms with van der Waals surface area (Å²) in [6.45, 7) is 1.11. The summed E-state index contributed by atoms with van der Waals surface area (Å²) in [4.78, 5) is 12.3. The molecule has 0 bridgehead atoms. The average molecular weight is 234 g/mol. The molecule has 2 aliphatic rings. The highest BCUT2D eigenvalue weighted by Gasteiger charge is 2.46. The SMILES string of the molecule is O=C1CCc2cccc(F)c2C12CCOCC2. The van der Waals surface area contributed by atoms with Crippen LogP contribution in [0.4, 0.5) is 4.39 Å². The van der Waals surface area contributed by atoms with Crippen LogP contribution in [0.25, 0.3) is 0 Å². The van der Waals surface area contributed by atoms with Crippen LogP contribution in [0, 0.1) is 5.82 Å². The van der Waals surface area contributed by atoms with Crippen LogP contribution in [0.2, 0.25) is 0 Å². The number of hydrogen-bond donors (Lipinski definition) is 0. The minimum Gasteiger partial charge on any atom is -0.381 e. The molecule has 2 nitrogen and oxygen atoms in total. The number of carbonyl (C=O) groups is 1. The van der Waals surface area contributed by atoms with Crippen molar-refractivity contribution in [2.75, 3.05) is 13.2 Å². The summed E-state index contributed by atoms with van der Waals surface area (Å²) < 4.78 is 19.4. The van der Waals surface area contributed by atoms with Gasteiger partial charge in [0.15, 0.2) is 0 Å². The molecule has 1 heterocycles. The Balaban J connectivity index is 2.18. The zero-order chi connectivity index (χ0) is 11.9. The Kier molecular flexibility index (Phi) is 2.51. The molecule has 1 aliphatic heterocycles. The highest BCUT2D eigenvalue weighted by atomic mass is 19.1. The van der Waals surface area contributed by atoms with Crippen LogP contribution in [0.15, 0.2) is 18.2 Å².